The van der Waals surface area contributed by atoms with E-state index in [9.17, 15) is 4.79 Å². The number of hydrogen-bond acceptors (Lipinski definition) is 4. The summed E-state index contributed by atoms with van der Waals surface area (Å²) in [6, 6.07) is 5.22. The van der Waals surface area contributed by atoms with Crippen molar-refractivity contribution in [3.63, 3.8) is 0 Å². The van der Waals surface area contributed by atoms with E-state index in [-0.39, 0.29) is 24.4 Å². The first-order chi connectivity index (χ1) is 10.5. The van der Waals surface area contributed by atoms with Crippen molar-refractivity contribution in [2.75, 3.05) is 18.5 Å². The van der Waals surface area contributed by atoms with Gasteiger partial charge in [0.05, 0.1) is 17.7 Å². The minimum atomic E-state index is -0.441. The number of nitrogens with two attached hydrogens (primary N) is 1. The van der Waals surface area contributed by atoms with E-state index in [1.165, 1.54) is 0 Å². The molecule has 0 bridgehead atoms. The molecular formula is C16H24Cl2N2O3. The van der Waals surface area contributed by atoms with Gasteiger partial charge in [-0.1, -0.05) is 25.4 Å². The van der Waals surface area contributed by atoms with Crippen LogP contribution in [0.4, 0.5) is 5.69 Å². The van der Waals surface area contributed by atoms with Crippen molar-refractivity contribution in [3.05, 3.63) is 23.2 Å². The Balaban J connectivity index is 0.00000264. The topological polar surface area (TPSA) is 73.6 Å². The maximum absolute atomic E-state index is 12.1. The number of carbonyl (C=O) groups is 1. The van der Waals surface area contributed by atoms with Crippen molar-refractivity contribution in [3.8, 4) is 5.75 Å². The molecule has 0 radical (unpaired) electrons. The fraction of sp³-hybridized carbons (Fsp3) is 0.562. The van der Waals surface area contributed by atoms with Crippen molar-refractivity contribution in [1.29, 1.82) is 0 Å². The van der Waals surface area contributed by atoms with E-state index in [2.05, 4.69) is 19.2 Å². The zero-order valence-electron chi connectivity index (χ0n) is 13.4. The summed E-state index contributed by atoms with van der Waals surface area (Å²) in [7, 11) is 0. The molecule has 2 atom stereocenters. The smallest absolute Gasteiger partial charge is 0.253 e. The summed E-state index contributed by atoms with van der Waals surface area (Å²) in [4.78, 5) is 12.1. The second-order valence-electron chi connectivity index (χ2n) is 5.90. The maximum Gasteiger partial charge on any atom is 0.253 e. The van der Waals surface area contributed by atoms with Crippen LogP contribution in [0.25, 0.3) is 0 Å². The molecule has 0 unspecified atom stereocenters. The Morgan fingerprint density at radius 1 is 1.48 bits per heavy atom. The first-order valence-corrected chi connectivity index (χ1v) is 7.96. The lowest BCUT2D eigenvalue weighted by Gasteiger charge is -2.14. The van der Waals surface area contributed by atoms with Gasteiger partial charge in [-0.05, 0) is 37.0 Å². The summed E-state index contributed by atoms with van der Waals surface area (Å²) in [5.74, 6) is 0.877. The van der Waals surface area contributed by atoms with Gasteiger partial charge in [-0.25, -0.2) is 0 Å². The first-order valence-electron chi connectivity index (χ1n) is 7.58. The lowest BCUT2D eigenvalue weighted by atomic mass is 10.2. The van der Waals surface area contributed by atoms with Gasteiger partial charge in [0.25, 0.3) is 5.91 Å². The number of nitrogens with one attached hydrogen (secondary N) is 1. The summed E-state index contributed by atoms with van der Waals surface area (Å²) in [6.45, 7) is 5.18. The molecule has 0 aliphatic carbocycles. The molecule has 1 fully saturated rings. The number of benzene rings is 1. The van der Waals surface area contributed by atoms with E-state index >= 15 is 0 Å². The summed E-state index contributed by atoms with van der Waals surface area (Å²) in [5.41, 5.74) is 6.18. The van der Waals surface area contributed by atoms with Gasteiger partial charge in [0.15, 0.2) is 0 Å². The van der Waals surface area contributed by atoms with Gasteiger partial charge in [-0.15, -0.1) is 12.4 Å². The molecule has 1 saturated heterocycles. The SMILES string of the molecule is CC(C)COc1ccc(NC(=O)[C@@H]2CC[C@H](CN)O2)cc1Cl.Cl. The van der Waals surface area contributed by atoms with Gasteiger partial charge >= 0.3 is 0 Å². The minimum Gasteiger partial charge on any atom is -0.492 e. The summed E-state index contributed by atoms with van der Waals surface area (Å²) in [6.07, 6.45) is 1.05. The maximum atomic E-state index is 12.1. The van der Waals surface area contributed by atoms with Gasteiger partial charge < -0.3 is 20.5 Å². The fourth-order valence-electron chi connectivity index (χ4n) is 2.25. The van der Waals surface area contributed by atoms with Crippen molar-refractivity contribution in [2.24, 2.45) is 11.7 Å². The van der Waals surface area contributed by atoms with Crippen LogP contribution in [-0.2, 0) is 9.53 Å². The molecule has 7 heteroatoms. The van der Waals surface area contributed by atoms with Crippen LogP contribution in [0.1, 0.15) is 26.7 Å². The highest BCUT2D eigenvalue weighted by Gasteiger charge is 2.29. The number of halogens is 2. The molecule has 1 aromatic carbocycles. The molecule has 1 heterocycles. The molecule has 2 rings (SSSR count). The van der Waals surface area contributed by atoms with Gasteiger partial charge in [0.1, 0.15) is 11.9 Å². The Hall–Kier alpha value is -1.01. The van der Waals surface area contributed by atoms with Crippen LogP contribution in [0, 0.1) is 5.92 Å². The highest BCUT2D eigenvalue weighted by atomic mass is 35.5. The van der Waals surface area contributed by atoms with Crippen LogP contribution in [0.2, 0.25) is 5.02 Å². The van der Waals surface area contributed by atoms with E-state index in [0.29, 0.717) is 41.9 Å². The van der Waals surface area contributed by atoms with Crippen LogP contribution >= 0.6 is 24.0 Å². The molecule has 1 amide bonds. The molecule has 0 aromatic heterocycles. The van der Waals surface area contributed by atoms with Crippen LogP contribution in [0.5, 0.6) is 5.75 Å². The predicted molar refractivity (Wildman–Crippen MR) is 94.6 cm³/mol. The highest BCUT2D eigenvalue weighted by Crippen LogP contribution is 2.28. The molecule has 0 spiro atoms. The Labute approximate surface area is 148 Å². The largest absolute Gasteiger partial charge is 0.492 e. The molecule has 1 aliphatic rings. The molecule has 1 aliphatic heterocycles. The monoisotopic (exact) mass is 362 g/mol. The third-order valence-corrected chi connectivity index (χ3v) is 3.73. The average molecular weight is 363 g/mol. The van der Waals surface area contributed by atoms with E-state index in [4.69, 9.17) is 26.8 Å². The Kier molecular flexibility index (Phi) is 8.12. The van der Waals surface area contributed by atoms with Gasteiger partial charge in [0, 0.05) is 12.2 Å². The zero-order chi connectivity index (χ0) is 16.1. The number of hydrogen-bond donors (Lipinski definition) is 2. The van der Waals surface area contributed by atoms with Crippen LogP contribution in [0.15, 0.2) is 18.2 Å². The third kappa shape index (κ3) is 5.84. The normalized spacial score (nSPS) is 20.2. The first kappa shape index (κ1) is 20.0. The number of anilines is 1. The van der Waals surface area contributed by atoms with Crippen LogP contribution in [-0.4, -0.2) is 31.3 Å². The second-order valence-corrected chi connectivity index (χ2v) is 6.31. The zero-order valence-corrected chi connectivity index (χ0v) is 15.0. The number of rotatable bonds is 6. The number of ether oxygens (including phenoxy) is 2. The van der Waals surface area contributed by atoms with Gasteiger partial charge in [0.2, 0.25) is 0 Å². The molecule has 130 valence electrons. The lowest BCUT2D eigenvalue weighted by molar-refractivity contribution is -0.126. The molecule has 23 heavy (non-hydrogen) atoms. The van der Waals surface area contributed by atoms with Gasteiger partial charge in [-0.2, -0.15) is 0 Å². The number of amides is 1. The van der Waals surface area contributed by atoms with Crippen molar-refractivity contribution in [2.45, 2.75) is 38.9 Å². The lowest BCUT2D eigenvalue weighted by Crippen LogP contribution is -2.29. The molecule has 1 aromatic rings. The molecule has 3 N–H and O–H groups in total. The average Bonchev–Trinajstić information content (AvgIpc) is 2.95. The Morgan fingerprint density at radius 2 is 2.22 bits per heavy atom. The van der Waals surface area contributed by atoms with E-state index < -0.39 is 6.10 Å². The van der Waals surface area contributed by atoms with E-state index in [1.807, 2.05) is 0 Å². The Morgan fingerprint density at radius 3 is 2.78 bits per heavy atom. The molecule has 5 nitrogen and oxygen atoms in total. The predicted octanol–water partition coefficient (Wildman–Crippen LogP) is 3.24. The summed E-state index contributed by atoms with van der Waals surface area (Å²) >= 11 is 6.18. The summed E-state index contributed by atoms with van der Waals surface area (Å²) in [5, 5.41) is 3.29. The third-order valence-electron chi connectivity index (χ3n) is 3.43. The van der Waals surface area contributed by atoms with E-state index in [1.54, 1.807) is 18.2 Å². The van der Waals surface area contributed by atoms with Gasteiger partial charge in [-0.3, -0.25) is 4.79 Å². The van der Waals surface area contributed by atoms with Crippen LogP contribution < -0.4 is 15.8 Å². The highest BCUT2D eigenvalue weighted by molar-refractivity contribution is 6.32. The summed E-state index contributed by atoms with van der Waals surface area (Å²) < 4.78 is 11.2. The fourth-order valence-corrected chi connectivity index (χ4v) is 2.48. The standard InChI is InChI=1S/C16H23ClN2O3.ClH/c1-10(2)9-21-14-5-3-11(7-13(14)17)19-16(20)15-6-4-12(8-18)22-15;/h3,5,7,10,12,15H,4,6,8-9,18H2,1-2H3,(H,19,20);1H/t12-,15+;/m1./s1. The number of carbonyl (C=O) groups excluding carboxylic acids is 1. The van der Waals surface area contributed by atoms with Crippen molar-refractivity contribution < 1.29 is 14.3 Å². The van der Waals surface area contributed by atoms with Crippen molar-refractivity contribution in [1.82, 2.24) is 0 Å². The Bertz CT molecular complexity index is 526. The quantitative estimate of drug-likeness (QED) is 0.814. The molecular weight excluding hydrogens is 339 g/mol. The minimum absolute atomic E-state index is 0. The van der Waals surface area contributed by atoms with Crippen LogP contribution in [0.3, 0.4) is 0 Å². The second kappa shape index (κ2) is 9.33. The van der Waals surface area contributed by atoms with E-state index in [0.717, 1.165) is 6.42 Å². The molecule has 0 saturated carbocycles. The van der Waals surface area contributed by atoms with Crippen molar-refractivity contribution >= 4 is 35.6 Å².